The van der Waals surface area contributed by atoms with Crippen LogP contribution >= 0.6 is 0 Å². The molecule has 4 heteroatoms. The minimum absolute atomic E-state index is 0.0538. The number of methoxy groups -OCH3 is 1. The minimum atomic E-state index is -0.0538. The van der Waals surface area contributed by atoms with E-state index in [9.17, 15) is 4.79 Å². The second-order valence-corrected chi connectivity index (χ2v) is 5.28. The average molecular weight is 298 g/mol. The largest absolute Gasteiger partial charge is 0.496 e. The summed E-state index contributed by atoms with van der Waals surface area (Å²) in [5.41, 5.74) is 4.14. The monoisotopic (exact) mass is 298 g/mol. The van der Waals surface area contributed by atoms with Gasteiger partial charge in [0.1, 0.15) is 5.75 Å². The van der Waals surface area contributed by atoms with Gasteiger partial charge in [-0.1, -0.05) is 35.9 Å². The molecule has 0 aliphatic rings. The van der Waals surface area contributed by atoms with Crippen LogP contribution in [0.1, 0.15) is 16.7 Å². The Balaban J connectivity index is 1.85. The van der Waals surface area contributed by atoms with Crippen LogP contribution in [-0.2, 0) is 11.3 Å². The lowest BCUT2D eigenvalue weighted by molar-refractivity contribution is -0.115. The van der Waals surface area contributed by atoms with Gasteiger partial charge >= 0.3 is 0 Å². The third kappa shape index (κ3) is 4.33. The molecular weight excluding hydrogens is 276 g/mol. The number of hydrogen-bond acceptors (Lipinski definition) is 3. The van der Waals surface area contributed by atoms with Crippen molar-refractivity contribution in [2.24, 2.45) is 0 Å². The fourth-order valence-electron chi connectivity index (χ4n) is 2.31. The lowest BCUT2D eigenvalue weighted by Gasteiger charge is -2.11. The summed E-state index contributed by atoms with van der Waals surface area (Å²) in [5.74, 6) is 0.770. The van der Waals surface area contributed by atoms with Gasteiger partial charge in [-0.15, -0.1) is 0 Å². The summed E-state index contributed by atoms with van der Waals surface area (Å²) in [4.78, 5) is 12.0. The molecule has 2 rings (SSSR count). The van der Waals surface area contributed by atoms with Crippen LogP contribution in [0.5, 0.6) is 5.75 Å². The van der Waals surface area contributed by atoms with Gasteiger partial charge in [0.15, 0.2) is 0 Å². The van der Waals surface area contributed by atoms with E-state index in [0.29, 0.717) is 6.54 Å². The Morgan fingerprint density at radius 3 is 2.64 bits per heavy atom. The van der Waals surface area contributed by atoms with Gasteiger partial charge in [0.05, 0.1) is 13.7 Å². The summed E-state index contributed by atoms with van der Waals surface area (Å²) in [7, 11) is 1.64. The number of carbonyl (C=O) groups excluding carboxylic acids is 1. The number of nitrogens with one attached hydrogen (secondary N) is 2. The number of carbonyl (C=O) groups is 1. The van der Waals surface area contributed by atoms with Crippen molar-refractivity contribution in [1.29, 1.82) is 0 Å². The van der Waals surface area contributed by atoms with Crippen LogP contribution < -0.4 is 15.4 Å². The second kappa shape index (κ2) is 7.61. The standard InChI is InChI=1S/C18H22N2O2/c1-13-8-9-16(14(2)10-13)20-18(21)12-19-11-15-6-4-5-7-17(15)22-3/h4-10,19H,11-12H2,1-3H3,(H,20,21). The maximum absolute atomic E-state index is 12.0. The molecule has 116 valence electrons. The Labute approximate surface area is 131 Å². The van der Waals surface area contributed by atoms with Crippen LogP contribution in [0.15, 0.2) is 42.5 Å². The van der Waals surface area contributed by atoms with E-state index < -0.39 is 0 Å². The lowest BCUT2D eigenvalue weighted by atomic mass is 10.1. The topological polar surface area (TPSA) is 50.4 Å². The van der Waals surface area contributed by atoms with Crippen molar-refractivity contribution in [2.45, 2.75) is 20.4 Å². The van der Waals surface area contributed by atoms with Crippen molar-refractivity contribution >= 4 is 11.6 Å². The highest BCUT2D eigenvalue weighted by Crippen LogP contribution is 2.17. The Morgan fingerprint density at radius 2 is 1.91 bits per heavy atom. The molecule has 0 atom stereocenters. The first-order valence-electron chi connectivity index (χ1n) is 7.30. The first-order valence-corrected chi connectivity index (χ1v) is 7.30. The zero-order valence-corrected chi connectivity index (χ0v) is 13.3. The summed E-state index contributed by atoms with van der Waals surface area (Å²) in [5, 5.41) is 6.05. The van der Waals surface area contributed by atoms with Crippen LogP contribution in [-0.4, -0.2) is 19.6 Å². The summed E-state index contributed by atoms with van der Waals surface area (Å²) in [6.07, 6.45) is 0. The fourth-order valence-corrected chi connectivity index (χ4v) is 2.31. The van der Waals surface area contributed by atoms with Gasteiger partial charge in [-0.05, 0) is 31.5 Å². The molecule has 0 saturated carbocycles. The molecule has 0 aliphatic heterocycles. The van der Waals surface area contributed by atoms with E-state index in [-0.39, 0.29) is 12.5 Å². The number of para-hydroxylation sites is 1. The summed E-state index contributed by atoms with van der Waals surface area (Å²) in [6, 6.07) is 13.7. The first kappa shape index (κ1) is 16.0. The van der Waals surface area contributed by atoms with E-state index in [4.69, 9.17) is 4.74 Å². The van der Waals surface area contributed by atoms with Gasteiger partial charge in [-0.2, -0.15) is 0 Å². The van der Waals surface area contributed by atoms with Crippen molar-refractivity contribution in [2.75, 3.05) is 19.0 Å². The SMILES string of the molecule is COc1ccccc1CNCC(=O)Nc1ccc(C)cc1C. The molecular formula is C18H22N2O2. The molecule has 2 N–H and O–H groups in total. The number of aryl methyl sites for hydroxylation is 2. The third-order valence-electron chi connectivity index (χ3n) is 3.45. The maximum Gasteiger partial charge on any atom is 0.238 e. The first-order chi connectivity index (χ1) is 10.6. The molecule has 1 amide bonds. The molecule has 0 bridgehead atoms. The molecule has 0 heterocycles. The molecule has 0 saturated heterocycles. The highest BCUT2D eigenvalue weighted by molar-refractivity contribution is 5.92. The van der Waals surface area contributed by atoms with Crippen molar-refractivity contribution in [3.05, 3.63) is 59.2 Å². The Hall–Kier alpha value is -2.33. The smallest absolute Gasteiger partial charge is 0.238 e. The average Bonchev–Trinajstić information content (AvgIpc) is 2.50. The molecule has 0 aliphatic carbocycles. The molecule has 2 aromatic rings. The number of amides is 1. The summed E-state index contributed by atoms with van der Waals surface area (Å²) >= 11 is 0. The Bertz CT molecular complexity index is 653. The number of benzene rings is 2. The van der Waals surface area contributed by atoms with Gasteiger partial charge in [-0.25, -0.2) is 0 Å². The number of anilines is 1. The molecule has 0 fully saturated rings. The molecule has 0 aromatic heterocycles. The van der Waals surface area contributed by atoms with Gasteiger partial charge in [-0.3, -0.25) is 4.79 Å². The van der Waals surface area contributed by atoms with Crippen LogP contribution in [0.2, 0.25) is 0 Å². The highest BCUT2D eigenvalue weighted by atomic mass is 16.5. The third-order valence-corrected chi connectivity index (χ3v) is 3.45. The number of rotatable bonds is 6. The number of hydrogen-bond donors (Lipinski definition) is 2. The molecule has 0 unspecified atom stereocenters. The van der Waals surface area contributed by atoms with Crippen LogP contribution in [0.3, 0.4) is 0 Å². The molecule has 0 radical (unpaired) electrons. The van der Waals surface area contributed by atoms with Gasteiger partial charge in [0.25, 0.3) is 0 Å². The van der Waals surface area contributed by atoms with E-state index in [2.05, 4.69) is 16.7 Å². The Morgan fingerprint density at radius 1 is 1.14 bits per heavy atom. The van der Waals surface area contributed by atoms with E-state index in [1.54, 1.807) is 7.11 Å². The zero-order chi connectivity index (χ0) is 15.9. The normalized spacial score (nSPS) is 10.3. The van der Waals surface area contributed by atoms with Crippen molar-refractivity contribution < 1.29 is 9.53 Å². The molecule has 4 nitrogen and oxygen atoms in total. The van der Waals surface area contributed by atoms with Gasteiger partial charge < -0.3 is 15.4 Å². The zero-order valence-electron chi connectivity index (χ0n) is 13.3. The van der Waals surface area contributed by atoms with Gasteiger partial charge in [0, 0.05) is 17.8 Å². The minimum Gasteiger partial charge on any atom is -0.496 e. The van der Waals surface area contributed by atoms with Crippen molar-refractivity contribution in [1.82, 2.24) is 5.32 Å². The molecule has 0 spiro atoms. The van der Waals surface area contributed by atoms with Crippen LogP contribution in [0, 0.1) is 13.8 Å². The highest BCUT2D eigenvalue weighted by Gasteiger charge is 2.06. The van der Waals surface area contributed by atoms with E-state index in [1.165, 1.54) is 5.56 Å². The van der Waals surface area contributed by atoms with Crippen molar-refractivity contribution in [3.63, 3.8) is 0 Å². The summed E-state index contributed by atoms with van der Waals surface area (Å²) < 4.78 is 5.28. The van der Waals surface area contributed by atoms with E-state index >= 15 is 0 Å². The van der Waals surface area contributed by atoms with Crippen LogP contribution in [0.25, 0.3) is 0 Å². The van der Waals surface area contributed by atoms with Crippen LogP contribution in [0.4, 0.5) is 5.69 Å². The van der Waals surface area contributed by atoms with E-state index in [1.807, 2.05) is 50.2 Å². The molecule has 22 heavy (non-hydrogen) atoms. The summed E-state index contributed by atoms with van der Waals surface area (Å²) in [6.45, 7) is 4.87. The fraction of sp³-hybridized carbons (Fsp3) is 0.278. The molecule has 2 aromatic carbocycles. The maximum atomic E-state index is 12.0. The number of ether oxygens (including phenoxy) is 1. The lowest BCUT2D eigenvalue weighted by Crippen LogP contribution is -2.28. The quantitative estimate of drug-likeness (QED) is 0.862. The second-order valence-electron chi connectivity index (χ2n) is 5.28. The van der Waals surface area contributed by atoms with Gasteiger partial charge in [0.2, 0.25) is 5.91 Å². The van der Waals surface area contributed by atoms with Crippen molar-refractivity contribution in [3.8, 4) is 5.75 Å². The predicted molar refractivity (Wildman–Crippen MR) is 89.2 cm³/mol. The Kier molecular flexibility index (Phi) is 5.55. The predicted octanol–water partition coefficient (Wildman–Crippen LogP) is 3.04. The van der Waals surface area contributed by atoms with E-state index in [0.717, 1.165) is 22.6 Å².